The molecule has 26 heavy (non-hydrogen) atoms. The second-order valence-electron chi connectivity index (χ2n) is 6.79. The quantitative estimate of drug-likeness (QED) is 0.771. The Hall–Kier alpha value is -2.49. The maximum Gasteiger partial charge on any atom is 0.258 e. The Kier molecular flexibility index (Phi) is 6.16. The third kappa shape index (κ3) is 4.57. The third-order valence-corrected chi connectivity index (χ3v) is 4.95. The van der Waals surface area contributed by atoms with Crippen LogP contribution in [0.1, 0.15) is 35.1 Å². The van der Waals surface area contributed by atoms with Crippen LogP contribution >= 0.6 is 0 Å². The number of aryl methyl sites for hydroxylation is 2. The summed E-state index contributed by atoms with van der Waals surface area (Å²) < 4.78 is 11.5. The van der Waals surface area contributed by atoms with Crippen LogP contribution in [0.2, 0.25) is 0 Å². The van der Waals surface area contributed by atoms with Crippen molar-refractivity contribution in [3.63, 3.8) is 0 Å². The molecular formula is C22H27NO3. The number of rotatable bonds is 7. The van der Waals surface area contributed by atoms with Crippen LogP contribution in [0.4, 0.5) is 0 Å². The molecule has 2 aromatic carbocycles. The van der Waals surface area contributed by atoms with Crippen LogP contribution in [0.15, 0.2) is 36.4 Å². The lowest BCUT2D eigenvalue weighted by atomic mass is 9.91. The molecule has 0 saturated heterocycles. The molecule has 0 saturated carbocycles. The SMILES string of the molecule is Cc1cccc(OCCNC(=O)COc2cccc3c2CCCC3)c1C. The maximum absolute atomic E-state index is 12.0. The normalized spacial score (nSPS) is 13.0. The molecule has 138 valence electrons. The van der Waals surface area contributed by atoms with Crippen LogP contribution in [0.3, 0.4) is 0 Å². The lowest BCUT2D eigenvalue weighted by Gasteiger charge is -2.19. The van der Waals surface area contributed by atoms with Gasteiger partial charge in [-0.1, -0.05) is 24.3 Å². The van der Waals surface area contributed by atoms with Crippen molar-refractivity contribution in [1.29, 1.82) is 0 Å². The van der Waals surface area contributed by atoms with Crippen molar-refractivity contribution in [2.75, 3.05) is 19.8 Å². The molecule has 0 aromatic heterocycles. The van der Waals surface area contributed by atoms with Crippen molar-refractivity contribution in [2.45, 2.75) is 39.5 Å². The first kappa shape index (κ1) is 18.3. The number of amides is 1. The van der Waals surface area contributed by atoms with E-state index in [9.17, 15) is 4.79 Å². The van der Waals surface area contributed by atoms with Crippen LogP contribution in [0, 0.1) is 13.8 Å². The standard InChI is InChI=1S/C22H27NO3/c1-16-7-5-11-20(17(16)2)25-14-13-23-22(24)15-26-21-12-6-9-18-8-3-4-10-19(18)21/h5-7,9,11-12H,3-4,8,10,13-15H2,1-2H3,(H,23,24). The number of carbonyl (C=O) groups is 1. The van der Waals surface area contributed by atoms with E-state index in [0.717, 1.165) is 29.9 Å². The minimum absolute atomic E-state index is 0.0416. The molecule has 2 aromatic rings. The molecule has 1 aliphatic rings. The highest BCUT2D eigenvalue weighted by atomic mass is 16.5. The molecule has 0 spiro atoms. The average molecular weight is 353 g/mol. The minimum atomic E-state index is -0.122. The Labute approximate surface area is 155 Å². The first-order valence-corrected chi connectivity index (χ1v) is 9.34. The summed E-state index contributed by atoms with van der Waals surface area (Å²) in [6.07, 6.45) is 4.57. The summed E-state index contributed by atoms with van der Waals surface area (Å²) in [5.41, 5.74) is 4.96. The van der Waals surface area contributed by atoms with Gasteiger partial charge in [-0.25, -0.2) is 0 Å². The van der Waals surface area contributed by atoms with Crippen molar-refractivity contribution in [2.24, 2.45) is 0 Å². The average Bonchev–Trinajstić information content (AvgIpc) is 2.66. The first-order valence-electron chi connectivity index (χ1n) is 9.34. The lowest BCUT2D eigenvalue weighted by molar-refractivity contribution is -0.123. The molecule has 4 nitrogen and oxygen atoms in total. The van der Waals surface area contributed by atoms with Gasteiger partial charge in [0.25, 0.3) is 5.91 Å². The smallest absolute Gasteiger partial charge is 0.258 e. The lowest BCUT2D eigenvalue weighted by Crippen LogP contribution is -2.32. The highest BCUT2D eigenvalue weighted by Crippen LogP contribution is 2.29. The maximum atomic E-state index is 12.0. The van der Waals surface area contributed by atoms with Crippen molar-refractivity contribution in [3.05, 3.63) is 58.7 Å². The van der Waals surface area contributed by atoms with Gasteiger partial charge in [0.2, 0.25) is 0 Å². The van der Waals surface area contributed by atoms with E-state index in [1.165, 1.54) is 29.5 Å². The zero-order valence-electron chi connectivity index (χ0n) is 15.6. The Bertz CT molecular complexity index is 770. The van der Waals surface area contributed by atoms with Gasteiger partial charge in [0.1, 0.15) is 18.1 Å². The fourth-order valence-electron chi connectivity index (χ4n) is 3.31. The van der Waals surface area contributed by atoms with E-state index in [4.69, 9.17) is 9.47 Å². The molecule has 3 rings (SSSR count). The second kappa shape index (κ2) is 8.75. The van der Waals surface area contributed by atoms with Gasteiger partial charge in [-0.05, 0) is 73.9 Å². The summed E-state index contributed by atoms with van der Waals surface area (Å²) in [6.45, 7) is 5.04. The van der Waals surface area contributed by atoms with Crippen LogP contribution in [0.25, 0.3) is 0 Å². The van der Waals surface area contributed by atoms with E-state index in [2.05, 4.69) is 24.4 Å². The zero-order valence-corrected chi connectivity index (χ0v) is 15.6. The predicted molar refractivity (Wildman–Crippen MR) is 103 cm³/mol. The summed E-state index contributed by atoms with van der Waals surface area (Å²) in [4.78, 5) is 12.0. The van der Waals surface area contributed by atoms with Gasteiger partial charge < -0.3 is 14.8 Å². The van der Waals surface area contributed by atoms with Crippen molar-refractivity contribution >= 4 is 5.91 Å². The summed E-state index contributed by atoms with van der Waals surface area (Å²) in [7, 11) is 0. The summed E-state index contributed by atoms with van der Waals surface area (Å²) in [6, 6.07) is 12.1. The fraction of sp³-hybridized carbons (Fsp3) is 0.409. The highest BCUT2D eigenvalue weighted by molar-refractivity contribution is 5.77. The molecule has 0 heterocycles. The second-order valence-corrected chi connectivity index (χ2v) is 6.79. The Morgan fingerprint density at radius 3 is 2.65 bits per heavy atom. The predicted octanol–water partition coefficient (Wildman–Crippen LogP) is 3.76. The van der Waals surface area contributed by atoms with E-state index >= 15 is 0 Å². The molecule has 0 fully saturated rings. The number of nitrogens with one attached hydrogen (secondary N) is 1. The van der Waals surface area contributed by atoms with E-state index < -0.39 is 0 Å². The molecule has 4 heteroatoms. The molecule has 0 bridgehead atoms. The number of hydrogen-bond donors (Lipinski definition) is 1. The Morgan fingerprint density at radius 1 is 1.00 bits per heavy atom. The van der Waals surface area contributed by atoms with Gasteiger partial charge in [0.05, 0.1) is 6.54 Å². The van der Waals surface area contributed by atoms with Crippen molar-refractivity contribution < 1.29 is 14.3 Å². The van der Waals surface area contributed by atoms with Crippen LogP contribution in [-0.4, -0.2) is 25.7 Å². The van der Waals surface area contributed by atoms with Gasteiger partial charge in [-0.2, -0.15) is 0 Å². The van der Waals surface area contributed by atoms with E-state index in [0.29, 0.717) is 13.2 Å². The van der Waals surface area contributed by atoms with Crippen molar-refractivity contribution in [1.82, 2.24) is 5.32 Å². The molecule has 0 aliphatic heterocycles. The fourth-order valence-corrected chi connectivity index (χ4v) is 3.31. The molecular weight excluding hydrogens is 326 g/mol. The Morgan fingerprint density at radius 2 is 1.77 bits per heavy atom. The zero-order chi connectivity index (χ0) is 18.4. The number of ether oxygens (including phenoxy) is 2. The van der Waals surface area contributed by atoms with Gasteiger partial charge in [-0.3, -0.25) is 4.79 Å². The van der Waals surface area contributed by atoms with Crippen LogP contribution in [0.5, 0.6) is 11.5 Å². The summed E-state index contributed by atoms with van der Waals surface area (Å²) >= 11 is 0. The van der Waals surface area contributed by atoms with Crippen molar-refractivity contribution in [3.8, 4) is 11.5 Å². The number of hydrogen-bond acceptors (Lipinski definition) is 3. The Balaban J connectivity index is 1.42. The summed E-state index contributed by atoms with van der Waals surface area (Å²) in [5.74, 6) is 1.60. The topological polar surface area (TPSA) is 47.6 Å². The molecule has 1 N–H and O–H groups in total. The van der Waals surface area contributed by atoms with Gasteiger partial charge in [0.15, 0.2) is 6.61 Å². The van der Waals surface area contributed by atoms with Crippen LogP contribution in [-0.2, 0) is 17.6 Å². The summed E-state index contributed by atoms with van der Waals surface area (Å²) in [5, 5.41) is 2.85. The van der Waals surface area contributed by atoms with Crippen LogP contribution < -0.4 is 14.8 Å². The van der Waals surface area contributed by atoms with Gasteiger partial charge in [-0.15, -0.1) is 0 Å². The van der Waals surface area contributed by atoms with E-state index in [1.54, 1.807) is 0 Å². The molecule has 1 amide bonds. The molecule has 0 radical (unpaired) electrons. The molecule has 1 aliphatic carbocycles. The van der Waals surface area contributed by atoms with E-state index in [-0.39, 0.29) is 12.5 Å². The molecule has 0 unspecified atom stereocenters. The molecule has 0 atom stereocenters. The number of fused-ring (bicyclic) bond motifs is 1. The minimum Gasteiger partial charge on any atom is -0.491 e. The first-order chi connectivity index (χ1) is 12.6. The number of carbonyl (C=O) groups excluding carboxylic acids is 1. The van der Waals surface area contributed by atoms with Gasteiger partial charge >= 0.3 is 0 Å². The highest BCUT2D eigenvalue weighted by Gasteiger charge is 2.14. The number of benzene rings is 2. The monoisotopic (exact) mass is 353 g/mol. The largest absolute Gasteiger partial charge is 0.491 e. The third-order valence-electron chi connectivity index (χ3n) is 4.95. The van der Waals surface area contributed by atoms with E-state index in [1.807, 2.05) is 31.2 Å². The van der Waals surface area contributed by atoms with Gasteiger partial charge in [0, 0.05) is 0 Å².